The van der Waals surface area contributed by atoms with Crippen molar-refractivity contribution in [2.75, 3.05) is 5.32 Å². The fraction of sp³-hybridized carbons (Fsp3) is 0. The van der Waals surface area contributed by atoms with Crippen LogP contribution in [0.15, 0.2) is 60.0 Å². The molecule has 0 aliphatic rings. The van der Waals surface area contributed by atoms with Crippen molar-refractivity contribution in [1.29, 1.82) is 0 Å². The number of aromatic nitrogens is 3. The lowest BCUT2D eigenvalue weighted by Gasteiger charge is -1.99. The largest absolute Gasteiger partial charge is 0.296 e. The number of nitrogens with one attached hydrogen (secondary N) is 2. The number of anilines is 1. The van der Waals surface area contributed by atoms with Crippen LogP contribution in [0.4, 0.5) is 5.13 Å². The average molecular weight is 320 g/mol. The number of para-hydroxylation sites is 1. The maximum Gasteiger partial charge on any atom is 0.278 e. The van der Waals surface area contributed by atoms with Crippen LogP contribution < -0.4 is 5.32 Å². The summed E-state index contributed by atoms with van der Waals surface area (Å²) in [6.07, 6.45) is 0. The highest BCUT2D eigenvalue weighted by Crippen LogP contribution is 2.25. The molecule has 0 saturated carbocycles. The summed E-state index contributed by atoms with van der Waals surface area (Å²) in [7, 11) is 0. The number of thiazole rings is 1. The first-order valence-corrected chi connectivity index (χ1v) is 7.94. The third-order valence-electron chi connectivity index (χ3n) is 3.48. The first kappa shape index (κ1) is 13.7. The molecule has 0 radical (unpaired) electrons. The van der Waals surface area contributed by atoms with Crippen LogP contribution in [-0.4, -0.2) is 21.1 Å². The number of rotatable bonds is 3. The van der Waals surface area contributed by atoms with Gasteiger partial charge in [-0.15, -0.1) is 11.3 Å². The van der Waals surface area contributed by atoms with Crippen molar-refractivity contribution in [3.8, 4) is 11.3 Å². The molecule has 2 aromatic heterocycles. The maximum absolute atomic E-state index is 12.4. The minimum atomic E-state index is -0.267. The Morgan fingerprint density at radius 2 is 1.83 bits per heavy atom. The van der Waals surface area contributed by atoms with Crippen molar-refractivity contribution in [2.45, 2.75) is 0 Å². The molecular weight excluding hydrogens is 308 g/mol. The van der Waals surface area contributed by atoms with Gasteiger partial charge < -0.3 is 0 Å². The molecule has 2 N–H and O–H groups in total. The zero-order chi connectivity index (χ0) is 15.6. The molecule has 0 unspecified atom stereocenters. The summed E-state index contributed by atoms with van der Waals surface area (Å²) in [4.78, 5) is 16.9. The van der Waals surface area contributed by atoms with E-state index in [-0.39, 0.29) is 5.91 Å². The van der Waals surface area contributed by atoms with Crippen LogP contribution in [-0.2, 0) is 0 Å². The van der Waals surface area contributed by atoms with E-state index in [0.717, 1.165) is 22.2 Å². The summed E-state index contributed by atoms with van der Waals surface area (Å²) in [6.45, 7) is 0. The lowest BCUT2D eigenvalue weighted by atomic mass is 10.2. The lowest BCUT2D eigenvalue weighted by Crippen LogP contribution is -2.12. The zero-order valence-corrected chi connectivity index (χ0v) is 12.8. The number of carbonyl (C=O) groups is 1. The second kappa shape index (κ2) is 5.66. The Morgan fingerprint density at radius 1 is 1.04 bits per heavy atom. The van der Waals surface area contributed by atoms with Crippen molar-refractivity contribution in [1.82, 2.24) is 15.2 Å². The number of fused-ring (bicyclic) bond motifs is 1. The standard InChI is InChI=1S/C17H12N4OS/c22-16(15-12-8-4-5-9-13(12)20-21-15)19-17-18-14(10-23-17)11-6-2-1-3-7-11/h1-10H,(H,20,21)(H,18,19,22). The van der Waals surface area contributed by atoms with E-state index < -0.39 is 0 Å². The van der Waals surface area contributed by atoms with Crippen LogP contribution in [0.2, 0.25) is 0 Å². The van der Waals surface area contributed by atoms with Crippen LogP contribution in [0.5, 0.6) is 0 Å². The van der Waals surface area contributed by atoms with Crippen molar-refractivity contribution in [3.05, 3.63) is 65.7 Å². The second-order valence-corrected chi connectivity index (χ2v) is 5.83. The monoisotopic (exact) mass is 320 g/mol. The molecular formula is C17H12N4OS. The highest BCUT2D eigenvalue weighted by molar-refractivity contribution is 7.14. The molecule has 0 aliphatic heterocycles. The summed E-state index contributed by atoms with van der Waals surface area (Å²) in [6, 6.07) is 17.4. The quantitative estimate of drug-likeness (QED) is 0.600. The molecule has 0 atom stereocenters. The molecule has 23 heavy (non-hydrogen) atoms. The van der Waals surface area contributed by atoms with Crippen LogP contribution >= 0.6 is 11.3 Å². The van der Waals surface area contributed by atoms with Gasteiger partial charge in [-0.3, -0.25) is 15.2 Å². The maximum atomic E-state index is 12.4. The lowest BCUT2D eigenvalue weighted by molar-refractivity contribution is 0.102. The van der Waals surface area contributed by atoms with E-state index in [1.165, 1.54) is 11.3 Å². The minimum absolute atomic E-state index is 0.267. The Bertz CT molecular complexity index is 974. The Morgan fingerprint density at radius 3 is 2.70 bits per heavy atom. The molecule has 0 saturated heterocycles. The first-order valence-electron chi connectivity index (χ1n) is 7.07. The number of carbonyl (C=O) groups excluding carboxylic acids is 1. The second-order valence-electron chi connectivity index (χ2n) is 4.98. The number of hydrogen-bond acceptors (Lipinski definition) is 4. The summed E-state index contributed by atoms with van der Waals surface area (Å²) in [5.41, 5.74) is 3.08. The Labute approximate surface area is 136 Å². The fourth-order valence-corrected chi connectivity index (χ4v) is 3.08. The number of amides is 1. The van der Waals surface area contributed by atoms with Gasteiger partial charge in [-0.05, 0) is 6.07 Å². The number of benzene rings is 2. The summed E-state index contributed by atoms with van der Waals surface area (Å²) < 4.78 is 0. The van der Waals surface area contributed by atoms with E-state index in [2.05, 4.69) is 20.5 Å². The minimum Gasteiger partial charge on any atom is -0.296 e. The average Bonchev–Trinajstić information content (AvgIpc) is 3.22. The van der Waals surface area contributed by atoms with Crippen LogP contribution in [0.3, 0.4) is 0 Å². The molecule has 0 aliphatic carbocycles. The van der Waals surface area contributed by atoms with E-state index in [9.17, 15) is 4.79 Å². The molecule has 6 heteroatoms. The van der Waals surface area contributed by atoms with Gasteiger partial charge in [0.25, 0.3) is 5.91 Å². The molecule has 5 nitrogen and oxygen atoms in total. The molecule has 0 fully saturated rings. The van der Waals surface area contributed by atoms with Gasteiger partial charge in [0.05, 0.1) is 11.2 Å². The van der Waals surface area contributed by atoms with E-state index in [4.69, 9.17) is 0 Å². The van der Waals surface area contributed by atoms with Crippen molar-refractivity contribution >= 4 is 33.3 Å². The smallest absolute Gasteiger partial charge is 0.278 e. The van der Waals surface area contributed by atoms with Gasteiger partial charge >= 0.3 is 0 Å². The normalized spacial score (nSPS) is 10.8. The Hall–Kier alpha value is -2.99. The molecule has 4 aromatic rings. The summed E-state index contributed by atoms with van der Waals surface area (Å²) in [5, 5.41) is 13.0. The molecule has 2 heterocycles. The van der Waals surface area contributed by atoms with Crippen LogP contribution in [0.1, 0.15) is 10.5 Å². The Balaban J connectivity index is 1.59. The molecule has 2 aromatic carbocycles. The van der Waals surface area contributed by atoms with Gasteiger partial charge in [-0.25, -0.2) is 4.98 Å². The van der Waals surface area contributed by atoms with E-state index >= 15 is 0 Å². The fourth-order valence-electron chi connectivity index (χ4n) is 2.37. The van der Waals surface area contributed by atoms with E-state index in [1.807, 2.05) is 60.0 Å². The molecule has 1 amide bonds. The number of hydrogen-bond donors (Lipinski definition) is 2. The molecule has 0 spiro atoms. The van der Waals surface area contributed by atoms with Gasteiger partial charge in [0, 0.05) is 16.3 Å². The zero-order valence-electron chi connectivity index (χ0n) is 12.0. The highest BCUT2D eigenvalue weighted by atomic mass is 32.1. The number of nitrogens with zero attached hydrogens (tertiary/aromatic N) is 2. The van der Waals surface area contributed by atoms with Gasteiger partial charge in [0.2, 0.25) is 0 Å². The molecule has 0 bridgehead atoms. The summed E-state index contributed by atoms with van der Waals surface area (Å²) >= 11 is 1.39. The number of H-pyrrole nitrogens is 1. The first-order chi connectivity index (χ1) is 11.3. The van der Waals surface area contributed by atoms with E-state index in [0.29, 0.717) is 10.8 Å². The van der Waals surface area contributed by atoms with Crippen molar-refractivity contribution in [3.63, 3.8) is 0 Å². The highest BCUT2D eigenvalue weighted by Gasteiger charge is 2.15. The van der Waals surface area contributed by atoms with Crippen LogP contribution in [0, 0.1) is 0 Å². The predicted octanol–water partition coefficient (Wildman–Crippen LogP) is 3.94. The molecule has 4 rings (SSSR count). The summed E-state index contributed by atoms with van der Waals surface area (Å²) in [5.74, 6) is -0.267. The predicted molar refractivity (Wildman–Crippen MR) is 91.6 cm³/mol. The van der Waals surface area contributed by atoms with Gasteiger partial charge in [0.15, 0.2) is 10.8 Å². The number of aromatic amines is 1. The topological polar surface area (TPSA) is 70.7 Å². The Kier molecular flexibility index (Phi) is 3.36. The SMILES string of the molecule is O=C(Nc1nc(-c2ccccc2)cs1)c1n[nH]c2ccccc12. The van der Waals surface area contributed by atoms with Crippen molar-refractivity contribution in [2.24, 2.45) is 0 Å². The van der Waals surface area contributed by atoms with Gasteiger partial charge in [-0.2, -0.15) is 5.10 Å². The van der Waals surface area contributed by atoms with Crippen molar-refractivity contribution < 1.29 is 4.79 Å². The van der Waals surface area contributed by atoms with Gasteiger partial charge in [0.1, 0.15) is 0 Å². The molecule has 112 valence electrons. The van der Waals surface area contributed by atoms with Crippen LogP contribution in [0.25, 0.3) is 22.2 Å². The third-order valence-corrected chi connectivity index (χ3v) is 4.24. The third kappa shape index (κ3) is 2.60. The van der Waals surface area contributed by atoms with E-state index in [1.54, 1.807) is 0 Å². The van der Waals surface area contributed by atoms with Gasteiger partial charge in [-0.1, -0.05) is 48.5 Å².